The molecule has 6 rings (SSSR count). The minimum atomic E-state index is -1.91. The molecule has 0 fully saturated rings. The number of para-hydroxylation sites is 1. The number of aromatic amines is 1. The number of cyclic esters (lactones) is 1. The normalized spacial score (nSPS) is 17.2. The zero-order chi connectivity index (χ0) is 28.3. The number of nitrogens with one attached hydrogen (secondary N) is 1. The van der Waals surface area contributed by atoms with Crippen LogP contribution in [0.4, 0.5) is 0 Å². The minimum absolute atomic E-state index is 0.0180. The number of pyridine rings is 2. The molecule has 4 aromatic rings. The highest BCUT2D eigenvalue weighted by molar-refractivity contribution is 9.10. The van der Waals surface area contributed by atoms with Crippen molar-refractivity contribution in [2.45, 2.75) is 52.0 Å². The Hall–Kier alpha value is -4.32. The van der Waals surface area contributed by atoms with Gasteiger partial charge in [0.2, 0.25) is 5.60 Å². The number of aryl methyl sites for hydroxylation is 1. The van der Waals surface area contributed by atoms with Crippen LogP contribution in [-0.2, 0) is 50.8 Å². The Kier molecular flexibility index (Phi) is 6.10. The molecule has 2 aliphatic rings. The maximum Gasteiger partial charge on any atom is 0.355 e. The summed E-state index contributed by atoms with van der Waals surface area (Å²) in [5.41, 5.74) is 0.750. The molecule has 12 heteroatoms. The van der Waals surface area contributed by atoms with E-state index in [0.29, 0.717) is 17.9 Å². The van der Waals surface area contributed by atoms with E-state index in [1.807, 2.05) is 24.3 Å². The zero-order valence-electron chi connectivity index (χ0n) is 21.6. The summed E-state index contributed by atoms with van der Waals surface area (Å²) in [6.07, 6.45) is 1.88. The van der Waals surface area contributed by atoms with Crippen LogP contribution >= 0.6 is 15.9 Å². The largest absolute Gasteiger partial charge is 0.457 e. The van der Waals surface area contributed by atoms with Crippen LogP contribution in [0.25, 0.3) is 22.3 Å². The quantitative estimate of drug-likeness (QED) is 0.301. The van der Waals surface area contributed by atoms with Crippen molar-refractivity contribution in [2.75, 3.05) is 0 Å². The Morgan fingerprint density at radius 3 is 2.70 bits per heavy atom. The fourth-order valence-corrected chi connectivity index (χ4v) is 5.99. The number of esters is 2. The number of benzene rings is 1. The molecule has 11 nitrogen and oxygen atoms in total. The van der Waals surface area contributed by atoms with Gasteiger partial charge in [-0.25, -0.2) is 14.6 Å². The van der Waals surface area contributed by atoms with E-state index in [9.17, 15) is 24.0 Å². The maximum atomic E-state index is 13.8. The highest BCUT2D eigenvalue weighted by atomic mass is 79.9. The first-order valence-corrected chi connectivity index (χ1v) is 13.5. The van der Waals surface area contributed by atoms with E-state index >= 15 is 0 Å². The molecular weight excluding hydrogens is 584 g/mol. The molecule has 2 aliphatic heterocycles. The van der Waals surface area contributed by atoms with Gasteiger partial charge in [-0.15, -0.1) is 0 Å². The second-order valence-electron chi connectivity index (χ2n) is 9.70. The molecule has 3 aromatic heterocycles. The van der Waals surface area contributed by atoms with Gasteiger partial charge in [-0.05, 0) is 46.5 Å². The summed E-state index contributed by atoms with van der Waals surface area (Å²) in [6, 6.07) is 9.48. The van der Waals surface area contributed by atoms with Crippen molar-refractivity contribution in [1.29, 1.82) is 0 Å². The monoisotopic (exact) mass is 606 g/mol. The molecule has 1 aromatic carbocycles. The number of hydrogen-bond acceptors (Lipinski definition) is 8. The summed E-state index contributed by atoms with van der Waals surface area (Å²) >= 11 is 3.03. The molecule has 0 amide bonds. The summed E-state index contributed by atoms with van der Waals surface area (Å²) in [7, 11) is 0. The topological polar surface area (TPSA) is 142 Å². The van der Waals surface area contributed by atoms with E-state index in [-0.39, 0.29) is 34.2 Å². The fraction of sp³-hybridized carbons (Fsp3) is 0.286. The maximum absolute atomic E-state index is 13.8. The van der Waals surface area contributed by atoms with E-state index in [4.69, 9.17) is 14.5 Å². The van der Waals surface area contributed by atoms with Gasteiger partial charge < -0.3 is 14.0 Å². The van der Waals surface area contributed by atoms with Crippen LogP contribution in [0, 0.1) is 0 Å². The average molecular weight is 607 g/mol. The Balaban J connectivity index is 1.48. The van der Waals surface area contributed by atoms with Gasteiger partial charge in [-0.2, -0.15) is 0 Å². The SMILES string of the molecule is CCc1c2c(nc3ccccc13)-c1cc3c(c(=O)n1C2)COC(=O)[C@@]3(CC)OC(=O)Cn1cc(Br)c(=O)[nH]c1=O. The zero-order valence-corrected chi connectivity index (χ0v) is 23.2. The molecule has 0 saturated heterocycles. The van der Waals surface area contributed by atoms with Crippen molar-refractivity contribution < 1.29 is 19.1 Å². The van der Waals surface area contributed by atoms with Gasteiger partial charge in [0.15, 0.2) is 0 Å². The lowest BCUT2D eigenvalue weighted by molar-refractivity contribution is -0.190. The second kappa shape index (κ2) is 9.40. The highest BCUT2D eigenvalue weighted by Gasteiger charge is 2.50. The summed E-state index contributed by atoms with van der Waals surface area (Å²) < 4.78 is 13.7. The van der Waals surface area contributed by atoms with Crippen LogP contribution in [0.1, 0.15) is 42.5 Å². The highest BCUT2D eigenvalue weighted by Crippen LogP contribution is 2.42. The predicted molar refractivity (Wildman–Crippen MR) is 147 cm³/mol. The first kappa shape index (κ1) is 25.9. The van der Waals surface area contributed by atoms with Crippen molar-refractivity contribution in [1.82, 2.24) is 19.1 Å². The molecule has 1 N–H and O–H groups in total. The average Bonchev–Trinajstić information content (AvgIpc) is 3.30. The number of ether oxygens (including phenoxy) is 2. The molecule has 0 unspecified atom stereocenters. The van der Waals surface area contributed by atoms with Crippen molar-refractivity contribution in [3.05, 3.63) is 94.4 Å². The third-order valence-corrected chi connectivity index (χ3v) is 8.15. The molecule has 204 valence electrons. The summed E-state index contributed by atoms with van der Waals surface area (Å²) in [5.74, 6) is -1.74. The van der Waals surface area contributed by atoms with Gasteiger partial charge in [0, 0.05) is 22.7 Å². The number of rotatable bonds is 5. The van der Waals surface area contributed by atoms with E-state index in [1.165, 1.54) is 0 Å². The van der Waals surface area contributed by atoms with Gasteiger partial charge >= 0.3 is 17.6 Å². The molecule has 0 radical (unpaired) electrons. The van der Waals surface area contributed by atoms with Crippen molar-refractivity contribution in [3.63, 3.8) is 0 Å². The van der Waals surface area contributed by atoms with Crippen LogP contribution in [0.3, 0.4) is 0 Å². The van der Waals surface area contributed by atoms with Gasteiger partial charge in [-0.1, -0.05) is 32.0 Å². The lowest BCUT2D eigenvalue weighted by atomic mass is 9.85. The first-order chi connectivity index (χ1) is 19.2. The first-order valence-electron chi connectivity index (χ1n) is 12.7. The Morgan fingerprint density at radius 2 is 1.95 bits per heavy atom. The van der Waals surface area contributed by atoms with Gasteiger partial charge in [0.05, 0.1) is 33.5 Å². The van der Waals surface area contributed by atoms with E-state index in [2.05, 4.69) is 27.8 Å². The van der Waals surface area contributed by atoms with Crippen LogP contribution in [0.2, 0.25) is 0 Å². The molecule has 0 bridgehead atoms. The lowest BCUT2D eigenvalue weighted by Gasteiger charge is -2.35. The standard InChI is InChI=1S/C28H23BrN4O7/c1-3-14-15-7-5-6-8-20(15)30-23-16(14)10-33-21(23)9-18-17(25(33)36)13-39-26(37)28(18,4-2)40-22(34)12-32-11-19(29)24(35)31-27(32)38/h5-9,11H,3-4,10,12-13H2,1-2H3,(H,31,35,38)/t28-/m0/s1. The van der Waals surface area contributed by atoms with E-state index < -0.39 is 35.3 Å². The Morgan fingerprint density at radius 1 is 1.18 bits per heavy atom. The number of fused-ring (bicyclic) bond motifs is 5. The summed E-state index contributed by atoms with van der Waals surface area (Å²) in [6.45, 7) is 3.18. The van der Waals surface area contributed by atoms with Crippen LogP contribution in [-0.4, -0.2) is 31.0 Å². The van der Waals surface area contributed by atoms with Crippen molar-refractivity contribution in [3.8, 4) is 11.4 Å². The number of aromatic nitrogens is 4. The summed E-state index contributed by atoms with van der Waals surface area (Å²) in [5, 5.41) is 1.02. The van der Waals surface area contributed by atoms with E-state index in [0.717, 1.165) is 39.2 Å². The number of carbonyl (C=O) groups excluding carboxylic acids is 2. The number of halogens is 1. The van der Waals surface area contributed by atoms with Gasteiger partial charge in [0.1, 0.15) is 13.2 Å². The molecule has 0 spiro atoms. The van der Waals surface area contributed by atoms with Crippen molar-refractivity contribution in [2.24, 2.45) is 0 Å². The number of H-pyrrole nitrogens is 1. The van der Waals surface area contributed by atoms with Crippen LogP contribution in [0.15, 0.2) is 55.4 Å². The molecule has 0 aliphatic carbocycles. The number of hydrogen-bond donors (Lipinski definition) is 1. The second-order valence-corrected chi connectivity index (χ2v) is 10.6. The van der Waals surface area contributed by atoms with Crippen LogP contribution < -0.4 is 16.8 Å². The Labute approximate surface area is 234 Å². The molecule has 0 saturated carbocycles. The van der Waals surface area contributed by atoms with Crippen molar-refractivity contribution >= 4 is 38.8 Å². The smallest absolute Gasteiger partial charge is 0.355 e. The van der Waals surface area contributed by atoms with Crippen LogP contribution in [0.5, 0.6) is 0 Å². The fourth-order valence-electron chi connectivity index (χ4n) is 5.64. The Bertz CT molecular complexity index is 1940. The lowest BCUT2D eigenvalue weighted by Crippen LogP contribution is -2.48. The molecule has 5 heterocycles. The third-order valence-electron chi connectivity index (χ3n) is 7.59. The summed E-state index contributed by atoms with van der Waals surface area (Å²) in [4.78, 5) is 71.0. The predicted octanol–water partition coefficient (Wildman–Crippen LogP) is 2.51. The number of carbonyl (C=O) groups is 2. The van der Waals surface area contributed by atoms with Gasteiger partial charge in [0.25, 0.3) is 11.1 Å². The van der Waals surface area contributed by atoms with E-state index in [1.54, 1.807) is 17.6 Å². The molecule has 40 heavy (non-hydrogen) atoms. The molecule has 1 atom stereocenters. The minimum Gasteiger partial charge on any atom is -0.457 e. The third kappa shape index (κ3) is 3.77. The molecular formula is C28H23BrN4O7. The number of nitrogens with zero attached hydrogens (tertiary/aromatic N) is 3. The van der Waals surface area contributed by atoms with Gasteiger partial charge in [-0.3, -0.25) is 23.9 Å².